The molecule has 0 saturated heterocycles. The Bertz CT molecular complexity index is 151. The van der Waals surface area contributed by atoms with Gasteiger partial charge in [-0.1, -0.05) is 0 Å². The molecule has 0 bridgehead atoms. The normalized spacial score (nSPS) is 14.1. The number of aliphatic hydroxyl groups is 1. The molecule has 1 unspecified atom stereocenters. The molecular formula is C8H17NO3. The van der Waals surface area contributed by atoms with E-state index in [1.54, 1.807) is 27.8 Å². The van der Waals surface area contributed by atoms with Crippen molar-refractivity contribution < 1.29 is 14.6 Å². The predicted octanol–water partition coefficient (Wildman–Crippen LogP) is 0.256. The van der Waals surface area contributed by atoms with Gasteiger partial charge in [-0.15, -0.1) is 0 Å². The smallest absolute Gasteiger partial charge is 0.310 e. The van der Waals surface area contributed by atoms with E-state index in [-0.39, 0.29) is 6.42 Å². The van der Waals surface area contributed by atoms with Crippen LogP contribution in [0.3, 0.4) is 0 Å². The van der Waals surface area contributed by atoms with Crippen molar-refractivity contribution in [1.29, 1.82) is 0 Å². The molecule has 1 atom stereocenters. The highest BCUT2D eigenvalue weighted by atomic mass is 16.6. The number of nitrogens with one attached hydrogen (secondary N) is 1. The molecule has 0 amide bonds. The standard InChI is InChI=1S/C8H17NO3/c1-8(2,3)12-7(11)5-6(10)9-4/h6,9-10H,5H2,1-4H3. The van der Waals surface area contributed by atoms with Crippen LogP contribution in [0.5, 0.6) is 0 Å². The number of carbonyl (C=O) groups excluding carboxylic acids is 1. The van der Waals surface area contributed by atoms with Crippen LogP contribution in [0.15, 0.2) is 0 Å². The molecule has 0 heterocycles. The third-order valence-corrected chi connectivity index (χ3v) is 1.11. The number of esters is 1. The Morgan fingerprint density at radius 2 is 2.08 bits per heavy atom. The summed E-state index contributed by atoms with van der Waals surface area (Å²) in [6.45, 7) is 5.37. The minimum Gasteiger partial charge on any atom is -0.460 e. The highest BCUT2D eigenvalue weighted by Crippen LogP contribution is 2.08. The van der Waals surface area contributed by atoms with Gasteiger partial charge in [0.05, 0.1) is 6.42 Å². The van der Waals surface area contributed by atoms with Gasteiger partial charge < -0.3 is 9.84 Å². The number of rotatable bonds is 3. The number of hydrogen-bond acceptors (Lipinski definition) is 4. The molecule has 0 aliphatic rings. The Balaban J connectivity index is 3.75. The molecule has 4 nitrogen and oxygen atoms in total. The number of hydrogen-bond donors (Lipinski definition) is 2. The van der Waals surface area contributed by atoms with Crippen LogP contribution in [0, 0.1) is 0 Å². The van der Waals surface area contributed by atoms with Crippen molar-refractivity contribution in [3.8, 4) is 0 Å². The maximum atomic E-state index is 11.0. The Morgan fingerprint density at radius 3 is 2.42 bits per heavy atom. The first-order valence-electron chi connectivity index (χ1n) is 3.92. The molecular weight excluding hydrogens is 158 g/mol. The largest absolute Gasteiger partial charge is 0.460 e. The lowest BCUT2D eigenvalue weighted by Crippen LogP contribution is -2.31. The van der Waals surface area contributed by atoms with Crippen LogP contribution in [0.4, 0.5) is 0 Å². The summed E-state index contributed by atoms with van der Waals surface area (Å²) in [7, 11) is 1.58. The number of aliphatic hydroxyl groups excluding tert-OH is 1. The van der Waals surface area contributed by atoms with Gasteiger partial charge in [0.1, 0.15) is 11.8 Å². The second-order valence-electron chi connectivity index (χ2n) is 3.60. The quantitative estimate of drug-likeness (QED) is 0.477. The lowest BCUT2D eigenvalue weighted by atomic mass is 10.2. The maximum Gasteiger partial charge on any atom is 0.310 e. The SMILES string of the molecule is CNC(O)CC(=O)OC(C)(C)C. The van der Waals surface area contributed by atoms with Gasteiger partial charge in [0, 0.05) is 0 Å². The summed E-state index contributed by atoms with van der Waals surface area (Å²) in [6.07, 6.45) is -0.840. The molecule has 12 heavy (non-hydrogen) atoms. The summed E-state index contributed by atoms with van der Waals surface area (Å²) >= 11 is 0. The zero-order chi connectivity index (χ0) is 9.78. The lowest BCUT2D eigenvalue weighted by Gasteiger charge is -2.20. The van der Waals surface area contributed by atoms with Crippen molar-refractivity contribution in [1.82, 2.24) is 5.32 Å². The molecule has 0 spiro atoms. The summed E-state index contributed by atoms with van der Waals surface area (Å²) in [6, 6.07) is 0. The summed E-state index contributed by atoms with van der Waals surface area (Å²) in [4.78, 5) is 11.0. The van der Waals surface area contributed by atoms with Crippen molar-refractivity contribution >= 4 is 5.97 Å². The van der Waals surface area contributed by atoms with Gasteiger partial charge in [-0.05, 0) is 27.8 Å². The second-order valence-corrected chi connectivity index (χ2v) is 3.60. The first-order chi connectivity index (χ1) is 5.35. The van der Waals surface area contributed by atoms with Crippen LogP contribution in [0.25, 0.3) is 0 Å². The van der Waals surface area contributed by atoms with Crippen LogP contribution in [-0.4, -0.2) is 30.0 Å². The van der Waals surface area contributed by atoms with E-state index in [1.165, 1.54) is 0 Å². The van der Waals surface area contributed by atoms with Crippen molar-refractivity contribution in [3.05, 3.63) is 0 Å². The van der Waals surface area contributed by atoms with Crippen molar-refractivity contribution in [3.63, 3.8) is 0 Å². The molecule has 0 aliphatic heterocycles. The minimum absolute atomic E-state index is 0.0201. The molecule has 0 aliphatic carbocycles. The molecule has 0 aromatic carbocycles. The first kappa shape index (κ1) is 11.4. The fourth-order valence-electron chi connectivity index (χ4n) is 0.643. The van der Waals surface area contributed by atoms with Crippen molar-refractivity contribution in [2.45, 2.75) is 39.0 Å². The van der Waals surface area contributed by atoms with E-state index >= 15 is 0 Å². The molecule has 4 heteroatoms. The van der Waals surface area contributed by atoms with Gasteiger partial charge in [-0.25, -0.2) is 0 Å². The maximum absolute atomic E-state index is 11.0. The summed E-state index contributed by atoms with van der Waals surface area (Å²) in [5.41, 5.74) is -0.482. The average Bonchev–Trinajstić information content (AvgIpc) is 1.82. The van der Waals surface area contributed by atoms with E-state index in [0.717, 1.165) is 0 Å². The molecule has 0 fully saturated rings. The van der Waals surface area contributed by atoms with E-state index in [1.807, 2.05) is 0 Å². The van der Waals surface area contributed by atoms with Crippen LogP contribution in [0.1, 0.15) is 27.2 Å². The minimum atomic E-state index is -0.820. The summed E-state index contributed by atoms with van der Waals surface area (Å²) < 4.78 is 4.97. The number of carbonyl (C=O) groups is 1. The van der Waals surface area contributed by atoms with Gasteiger partial charge in [0.25, 0.3) is 0 Å². The zero-order valence-corrected chi connectivity index (χ0v) is 8.05. The molecule has 72 valence electrons. The van der Waals surface area contributed by atoms with Gasteiger partial charge in [-0.3, -0.25) is 10.1 Å². The summed E-state index contributed by atoms with van der Waals surface area (Å²) in [5, 5.41) is 11.5. The molecule has 0 aromatic heterocycles. The number of ether oxygens (including phenoxy) is 1. The van der Waals surface area contributed by atoms with Gasteiger partial charge in [0.15, 0.2) is 0 Å². The van der Waals surface area contributed by atoms with E-state index in [0.29, 0.717) is 0 Å². The zero-order valence-electron chi connectivity index (χ0n) is 8.05. The van der Waals surface area contributed by atoms with Gasteiger partial charge in [0.2, 0.25) is 0 Å². The van der Waals surface area contributed by atoms with E-state index < -0.39 is 17.8 Å². The van der Waals surface area contributed by atoms with E-state index in [2.05, 4.69) is 5.32 Å². The second kappa shape index (κ2) is 4.42. The highest BCUT2D eigenvalue weighted by molar-refractivity contribution is 5.70. The Morgan fingerprint density at radius 1 is 1.58 bits per heavy atom. The average molecular weight is 175 g/mol. The van der Waals surface area contributed by atoms with Crippen molar-refractivity contribution in [2.24, 2.45) is 0 Å². The topological polar surface area (TPSA) is 58.6 Å². The molecule has 0 saturated carbocycles. The van der Waals surface area contributed by atoms with Gasteiger partial charge in [-0.2, -0.15) is 0 Å². The highest BCUT2D eigenvalue weighted by Gasteiger charge is 2.18. The molecule has 0 aromatic rings. The van der Waals surface area contributed by atoms with E-state index in [9.17, 15) is 4.79 Å². The Hall–Kier alpha value is -0.610. The first-order valence-corrected chi connectivity index (χ1v) is 3.92. The lowest BCUT2D eigenvalue weighted by molar-refractivity contribution is -0.157. The fourth-order valence-corrected chi connectivity index (χ4v) is 0.643. The fraction of sp³-hybridized carbons (Fsp3) is 0.875. The van der Waals surface area contributed by atoms with Crippen LogP contribution < -0.4 is 5.32 Å². The summed E-state index contributed by atoms with van der Waals surface area (Å²) in [5.74, 6) is -0.399. The van der Waals surface area contributed by atoms with Crippen LogP contribution in [0.2, 0.25) is 0 Å². The van der Waals surface area contributed by atoms with Gasteiger partial charge >= 0.3 is 5.97 Å². The van der Waals surface area contributed by atoms with Crippen molar-refractivity contribution in [2.75, 3.05) is 7.05 Å². The third kappa shape index (κ3) is 6.12. The molecule has 0 rings (SSSR count). The Labute approximate surface area is 72.9 Å². The van der Waals surface area contributed by atoms with E-state index in [4.69, 9.17) is 9.84 Å². The predicted molar refractivity (Wildman–Crippen MR) is 45.5 cm³/mol. The third-order valence-electron chi connectivity index (χ3n) is 1.11. The molecule has 0 radical (unpaired) electrons. The molecule has 2 N–H and O–H groups in total. The van der Waals surface area contributed by atoms with Crippen LogP contribution in [-0.2, 0) is 9.53 Å². The monoisotopic (exact) mass is 175 g/mol. The Kier molecular flexibility index (Phi) is 4.20. The van der Waals surface area contributed by atoms with Crippen LogP contribution >= 0.6 is 0 Å².